The maximum Gasteiger partial charge on any atom is 0.240 e. The van der Waals surface area contributed by atoms with Crippen LogP contribution in [-0.2, 0) is 15.0 Å². The van der Waals surface area contributed by atoms with Gasteiger partial charge in [0, 0.05) is 22.6 Å². The van der Waals surface area contributed by atoms with Gasteiger partial charge in [-0.3, -0.25) is 14.5 Å². The highest BCUT2D eigenvalue weighted by molar-refractivity contribution is 8.00. The van der Waals surface area contributed by atoms with Crippen LogP contribution in [0.4, 0.5) is 14.6 Å². The van der Waals surface area contributed by atoms with Gasteiger partial charge in [0.2, 0.25) is 11.8 Å². The molecular formula is C30H34F2N4O2S. The molecule has 0 bridgehead atoms. The molecule has 1 aromatic heterocycles. The number of amides is 2. The molecule has 9 heteroatoms. The molecule has 1 fully saturated rings. The predicted molar refractivity (Wildman–Crippen MR) is 150 cm³/mol. The van der Waals surface area contributed by atoms with Crippen LogP contribution in [-0.4, -0.2) is 39.9 Å². The van der Waals surface area contributed by atoms with Gasteiger partial charge in [-0.15, -0.1) is 11.8 Å². The second-order valence-corrected chi connectivity index (χ2v) is 12.4. The first-order valence-corrected chi connectivity index (χ1v) is 14.5. The minimum Gasteiger partial charge on any atom is -0.352 e. The van der Waals surface area contributed by atoms with Crippen LogP contribution in [0, 0.1) is 11.6 Å². The number of rotatable bonds is 5. The van der Waals surface area contributed by atoms with Crippen LogP contribution < -0.4 is 10.2 Å². The minimum absolute atomic E-state index is 0.0669. The molecule has 6 nitrogen and oxygen atoms in total. The van der Waals surface area contributed by atoms with Crippen LogP contribution in [0.5, 0.6) is 0 Å². The van der Waals surface area contributed by atoms with Crippen molar-refractivity contribution < 1.29 is 18.4 Å². The highest BCUT2D eigenvalue weighted by atomic mass is 32.2. The van der Waals surface area contributed by atoms with Gasteiger partial charge in [-0.05, 0) is 43.2 Å². The second kappa shape index (κ2) is 11.1. The lowest BCUT2D eigenvalue weighted by molar-refractivity contribution is -0.123. The maximum absolute atomic E-state index is 15.2. The molecule has 1 atom stereocenters. The summed E-state index contributed by atoms with van der Waals surface area (Å²) in [6.07, 6.45) is 5.17. The summed E-state index contributed by atoms with van der Waals surface area (Å²) in [4.78, 5) is 28.5. The number of halogens is 2. The van der Waals surface area contributed by atoms with Crippen molar-refractivity contribution in [2.24, 2.45) is 0 Å². The van der Waals surface area contributed by atoms with Gasteiger partial charge in [0.05, 0.1) is 22.4 Å². The number of fused-ring (bicyclic) bond motifs is 1. The molecule has 2 amide bonds. The molecule has 206 valence electrons. The zero-order chi connectivity index (χ0) is 27.7. The number of benzene rings is 2. The van der Waals surface area contributed by atoms with Crippen LogP contribution in [0.25, 0.3) is 5.69 Å². The molecule has 2 heterocycles. The Morgan fingerprint density at radius 1 is 1.05 bits per heavy atom. The van der Waals surface area contributed by atoms with Crippen LogP contribution in [0.15, 0.2) is 48.5 Å². The number of hydrogen-bond donors (Lipinski definition) is 1. The van der Waals surface area contributed by atoms with Gasteiger partial charge in [-0.1, -0.05) is 58.2 Å². The molecule has 3 aromatic rings. The summed E-state index contributed by atoms with van der Waals surface area (Å²) in [7, 11) is 0. The van der Waals surface area contributed by atoms with E-state index in [1.165, 1.54) is 41.3 Å². The number of thioether (sulfide) groups is 1. The van der Waals surface area contributed by atoms with Crippen molar-refractivity contribution in [2.75, 3.05) is 17.2 Å². The lowest BCUT2D eigenvalue weighted by atomic mass is 9.87. The van der Waals surface area contributed by atoms with Crippen molar-refractivity contribution in [3.8, 4) is 5.69 Å². The summed E-state index contributed by atoms with van der Waals surface area (Å²) in [5.74, 6) is -0.771. The van der Waals surface area contributed by atoms with Crippen LogP contribution in [0.2, 0.25) is 0 Å². The molecule has 0 spiro atoms. The first-order valence-electron chi connectivity index (χ1n) is 13.5. The predicted octanol–water partition coefficient (Wildman–Crippen LogP) is 6.07. The number of carbonyl (C=O) groups excluding carboxylic acids is 2. The number of hydrogen-bond acceptors (Lipinski definition) is 4. The Morgan fingerprint density at radius 2 is 1.74 bits per heavy atom. The van der Waals surface area contributed by atoms with Crippen molar-refractivity contribution in [1.82, 2.24) is 15.1 Å². The summed E-state index contributed by atoms with van der Waals surface area (Å²) < 4.78 is 30.7. The van der Waals surface area contributed by atoms with Crippen LogP contribution in [0.3, 0.4) is 0 Å². The van der Waals surface area contributed by atoms with Crippen molar-refractivity contribution >= 4 is 29.4 Å². The van der Waals surface area contributed by atoms with E-state index in [9.17, 15) is 14.0 Å². The van der Waals surface area contributed by atoms with Crippen LogP contribution >= 0.6 is 11.8 Å². The van der Waals surface area contributed by atoms with Gasteiger partial charge in [0.15, 0.2) is 0 Å². The molecular weight excluding hydrogens is 518 g/mol. The molecule has 2 aromatic carbocycles. The average Bonchev–Trinajstić information content (AvgIpc) is 3.24. The van der Waals surface area contributed by atoms with E-state index < -0.39 is 16.5 Å². The zero-order valence-corrected chi connectivity index (χ0v) is 23.4. The summed E-state index contributed by atoms with van der Waals surface area (Å²) in [6, 6.07) is 12.5. The third kappa shape index (κ3) is 5.73. The van der Waals surface area contributed by atoms with Crippen molar-refractivity contribution in [3.05, 3.63) is 77.0 Å². The molecule has 1 saturated carbocycles. The molecule has 39 heavy (non-hydrogen) atoms. The van der Waals surface area contributed by atoms with E-state index in [1.54, 1.807) is 35.0 Å². The Morgan fingerprint density at radius 3 is 2.41 bits per heavy atom. The second-order valence-electron chi connectivity index (χ2n) is 11.3. The van der Waals surface area contributed by atoms with E-state index in [4.69, 9.17) is 5.10 Å². The Kier molecular flexibility index (Phi) is 7.80. The summed E-state index contributed by atoms with van der Waals surface area (Å²) in [6.45, 7) is 5.87. The molecule has 1 aliphatic heterocycles. The van der Waals surface area contributed by atoms with Crippen molar-refractivity contribution in [2.45, 2.75) is 69.6 Å². The summed E-state index contributed by atoms with van der Waals surface area (Å²) in [5, 5.41) is 7.54. The van der Waals surface area contributed by atoms with Crippen molar-refractivity contribution in [1.29, 1.82) is 0 Å². The van der Waals surface area contributed by atoms with Gasteiger partial charge < -0.3 is 5.32 Å². The van der Waals surface area contributed by atoms with Crippen molar-refractivity contribution in [3.63, 3.8) is 0 Å². The maximum atomic E-state index is 15.2. The zero-order valence-electron chi connectivity index (χ0n) is 22.5. The molecule has 1 N–H and O–H groups in total. The monoisotopic (exact) mass is 552 g/mol. The van der Waals surface area contributed by atoms with E-state index in [1.807, 2.05) is 20.8 Å². The fourth-order valence-corrected chi connectivity index (χ4v) is 6.65. The number of nitrogens with zero attached hydrogens (tertiary/aromatic N) is 3. The van der Waals surface area contributed by atoms with E-state index in [-0.39, 0.29) is 36.0 Å². The first kappa shape index (κ1) is 27.4. The van der Waals surface area contributed by atoms with E-state index >= 15 is 4.39 Å². The van der Waals surface area contributed by atoms with Gasteiger partial charge in [0.25, 0.3) is 0 Å². The lowest BCUT2D eigenvalue weighted by Crippen LogP contribution is -2.46. The summed E-state index contributed by atoms with van der Waals surface area (Å²) >= 11 is 1.33. The minimum atomic E-state index is -0.528. The third-order valence-corrected chi connectivity index (χ3v) is 8.57. The fraction of sp³-hybridized carbons (Fsp3) is 0.433. The highest BCUT2D eigenvalue weighted by Crippen LogP contribution is 2.48. The summed E-state index contributed by atoms with van der Waals surface area (Å²) in [5.41, 5.74) is 1.92. The van der Waals surface area contributed by atoms with E-state index in [2.05, 4.69) is 5.32 Å². The number of carbonyl (C=O) groups is 2. The molecule has 0 radical (unpaired) electrons. The Bertz CT molecular complexity index is 1360. The van der Waals surface area contributed by atoms with E-state index in [0.717, 1.165) is 25.7 Å². The number of aromatic nitrogens is 2. The third-order valence-electron chi connectivity index (χ3n) is 7.33. The fourth-order valence-electron chi connectivity index (χ4n) is 5.43. The normalized spacial score (nSPS) is 18.5. The largest absolute Gasteiger partial charge is 0.352 e. The number of anilines is 1. The quantitative estimate of drug-likeness (QED) is 0.418. The number of nitrogens with one attached hydrogen (secondary N) is 1. The van der Waals surface area contributed by atoms with Gasteiger partial charge in [0.1, 0.15) is 24.0 Å². The Labute approximate surface area is 232 Å². The standard InChI is InChI=1S/C30H34F2N4O2S/c1-30(2,3)28-26-27(22-11-7-8-12-23(22)32)39-18-25(38)35(17-24(37)33-20-9-5-4-6-10-20)29(26)36(34-28)21-15-13-19(31)14-16-21/h7-8,11-16,20,27H,4-6,9-10,17-18H2,1-3H3,(H,33,37). The highest BCUT2D eigenvalue weighted by Gasteiger charge is 2.40. The molecule has 1 aliphatic carbocycles. The average molecular weight is 553 g/mol. The van der Waals surface area contributed by atoms with Gasteiger partial charge >= 0.3 is 0 Å². The molecule has 0 saturated heterocycles. The lowest BCUT2D eigenvalue weighted by Gasteiger charge is -2.27. The first-order chi connectivity index (χ1) is 18.6. The molecule has 1 unspecified atom stereocenters. The Balaban J connectivity index is 1.68. The molecule has 2 aliphatic rings. The van der Waals surface area contributed by atoms with Gasteiger partial charge in [-0.25, -0.2) is 13.5 Å². The SMILES string of the molecule is CC(C)(C)c1nn(-c2ccc(F)cc2)c2c1C(c1ccccc1F)SCC(=O)N2CC(=O)NC1CCCCC1. The topological polar surface area (TPSA) is 67.2 Å². The smallest absolute Gasteiger partial charge is 0.240 e. The van der Waals surface area contributed by atoms with Crippen LogP contribution in [0.1, 0.15) is 74.9 Å². The Hall–Kier alpha value is -3.20. The molecule has 5 rings (SSSR count). The van der Waals surface area contributed by atoms with E-state index in [0.29, 0.717) is 28.3 Å². The van der Waals surface area contributed by atoms with Gasteiger partial charge in [-0.2, -0.15) is 5.10 Å².